The van der Waals surface area contributed by atoms with Crippen molar-refractivity contribution >= 4 is 34.3 Å². The number of fused-ring (bicyclic) bond motifs is 3. The first-order valence-electron chi connectivity index (χ1n) is 9.66. The van der Waals surface area contributed by atoms with Crippen molar-refractivity contribution in [2.75, 3.05) is 12.4 Å². The van der Waals surface area contributed by atoms with E-state index in [4.69, 9.17) is 9.15 Å². The van der Waals surface area contributed by atoms with Crippen LogP contribution in [0.3, 0.4) is 0 Å². The van der Waals surface area contributed by atoms with Gasteiger partial charge in [0.05, 0.1) is 24.4 Å². The Hall–Kier alpha value is -3.87. The summed E-state index contributed by atoms with van der Waals surface area (Å²) in [6, 6.07) is 18.4. The van der Waals surface area contributed by atoms with Crippen molar-refractivity contribution in [1.82, 2.24) is 9.55 Å². The number of carbonyl (C=O) groups excluding carboxylic acids is 1. The molecule has 3 heterocycles. The number of aromatic nitrogens is 2. The topological polar surface area (TPSA) is 81.6 Å². The maximum absolute atomic E-state index is 13.4. The summed E-state index contributed by atoms with van der Waals surface area (Å²) in [5.41, 5.74) is 3.11. The van der Waals surface area contributed by atoms with Crippen molar-refractivity contribution in [3.05, 3.63) is 72.7 Å². The number of anilines is 1. The quantitative estimate of drug-likeness (QED) is 0.543. The number of ether oxygens (including phenoxy) is 1. The van der Waals surface area contributed by atoms with Crippen LogP contribution in [0, 0.1) is 5.92 Å². The monoisotopic (exact) mass is 400 g/mol. The van der Waals surface area contributed by atoms with Crippen LogP contribution >= 0.6 is 0 Å². The van der Waals surface area contributed by atoms with E-state index in [1.807, 2.05) is 72.2 Å². The molecule has 5 rings (SSSR count). The zero-order valence-corrected chi connectivity index (χ0v) is 16.6. The van der Waals surface area contributed by atoms with Crippen LogP contribution in [0.4, 0.5) is 11.6 Å². The third-order valence-electron chi connectivity index (χ3n) is 5.37. The van der Waals surface area contributed by atoms with Gasteiger partial charge in [0.2, 0.25) is 11.9 Å². The molecule has 4 aromatic rings. The van der Waals surface area contributed by atoms with Crippen LogP contribution in [0.25, 0.3) is 11.0 Å². The van der Waals surface area contributed by atoms with Gasteiger partial charge in [0.25, 0.3) is 0 Å². The molecule has 1 amide bonds. The third-order valence-corrected chi connectivity index (χ3v) is 5.37. The number of carbonyl (C=O) groups is 1. The lowest BCUT2D eigenvalue weighted by molar-refractivity contribution is -0.118. The van der Waals surface area contributed by atoms with Crippen LogP contribution in [0.5, 0.6) is 5.75 Å². The minimum absolute atomic E-state index is 0.161. The number of imidazole rings is 1. The molecule has 0 saturated carbocycles. The van der Waals surface area contributed by atoms with Crippen molar-refractivity contribution < 1.29 is 13.9 Å². The van der Waals surface area contributed by atoms with Gasteiger partial charge in [-0.15, -0.1) is 0 Å². The van der Waals surface area contributed by atoms with Crippen LogP contribution in [0.2, 0.25) is 0 Å². The highest BCUT2D eigenvalue weighted by molar-refractivity contribution is 6.10. The predicted octanol–water partition coefficient (Wildman–Crippen LogP) is 4.59. The molecule has 7 nitrogen and oxygen atoms in total. The highest BCUT2D eigenvalue weighted by Gasteiger charge is 2.40. The predicted molar refractivity (Wildman–Crippen MR) is 114 cm³/mol. The standard InChI is InChI=1S/C23H20N4O3/c1-14-20(22(28)25-15-9-11-16(29-2)12-10-15)21(19-8-5-13-30-19)27-18-7-4-3-6-17(18)26-23(27)24-14/h3-13,20-21H,1-2H3,(H,25,28). The molecule has 2 unspecified atom stereocenters. The Labute approximate surface area is 173 Å². The highest BCUT2D eigenvalue weighted by Crippen LogP contribution is 2.40. The summed E-state index contributed by atoms with van der Waals surface area (Å²) in [5.74, 6) is 1.27. The summed E-state index contributed by atoms with van der Waals surface area (Å²) < 4.78 is 12.9. The fraction of sp³-hybridized carbons (Fsp3) is 0.174. The van der Waals surface area contributed by atoms with E-state index in [0.29, 0.717) is 23.1 Å². The first-order chi connectivity index (χ1) is 14.7. The van der Waals surface area contributed by atoms with Gasteiger partial charge in [-0.2, -0.15) is 0 Å². The number of hydrogen-bond acceptors (Lipinski definition) is 5. The minimum Gasteiger partial charge on any atom is -0.497 e. The molecule has 2 aromatic carbocycles. The molecular formula is C23H20N4O3. The Balaban J connectivity index is 1.59. The molecule has 30 heavy (non-hydrogen) atoms. The Morgan fingerprint density at radius 2 is 1.90 bits per heavy atom. The zero-order chi connectivity index (χ0) is 20.7. The van der Waals surface area contributed by atoms with E-state index < -0.39 is 12.0 Å². The number of furan rings is 1. The first kappa shape index (κ1) is 18.2. The fourth-order valence-corrected chi connectivity index (χ4v) is 3.97. The maximum atomic E-state index is 13.4. The second-order valence-electron chi connectivity index (χ2n) is 7.18. The number of para-hydroxylation sites is 2. The first-order valence-corrected chi connectivity index (χ1v) is 9.66. The molecule has 7 heteroatoms. The van der Waals surface area contributed by atoms with E-state index in [9.17, 15) is 4.79 Å². The molecule has 0 aliphatic carbocycles. The molecule has 2 atom stereocenters. The van der Waals surface area contributed by atoms with E-state index >= 15 is 0 Å². The molecule has 1 aliphatic heterocycles. The van der Waals surface area contributed by atoms with Gasteiger partial charge in [0.1, 0.15) is 23.5 Å². The fourth-order valence-electron chi connectivity index (χ4n) is 3.97. The van der Waals surface area contributed by atoms with Crippen molar-refractivity contribution in [3.63, 3.8) is 0 Å². The number of rotatable bonds is 4. The lowest BCUT2D eigenvalue weighted by Gasteiger charge is -2.30. The minimum atomic E-state index is -0.552. The molecule has 0 bridgehead atoms. The van der Waals surface area contributed by atoms with Gasteiger partial charge in [-0.25, -0.2) is 9.98 Å². The van der Waals surface area contributed by atoms with Gasteiger partial charge >= 0.3 is 0 Å². The van der Waals surface area contributed by atoms with Gasteiger partial charge in [0.15, 0.2) is 0 Å². The summed E-state index contributed by atoms with van der Waals surface area (Å²) in [5, 5.41) is 3.01. The molecule has 1 aliphatic rings. The van der Waals surface area contributed by atoms with E-state index in [2.05, 4.69) is 15.3 Å². The number of hydrogen-bond donors (Lipinski definition) is 1. The Morgan fingerprint density at radius 1 is 1.10 bits per heavy atom. The summed E-state index contributed by atoms with van der Waals surface area (Å²) in [6.07, 6.45) is 1.62. The number of nitrogens with one attached hydrogen (secondary N) is 1. The molecule has 2 aromatic heterocycles. The summed E-state index contributed by atoms with van der Waals surface area (Å²) in [4.78, 5) is 22.7. The number of amides is 1. The van der Waals surface area contributed by atoms with Gasteiger partial charge in [-0.05, 0) is 55.5 Å². The van der Waals surface area contributed by atoms with Gasteiger partial charge < -0.3 is 14.5 Å². The molecule has 0 spiro atoms. The normalized spacial score (nSPS) is 18.0. The van der Waals surface area contributed by atoms with Crippen molar-refractivity contribution in [2.24, 2.45) is 10.9 Å². The summed E-state index contributed by atoms with van der Waals surface area (Å²) in [7, 11) is 1.61. The van der Waals surface area contributed by atoms with Crippen LogP contribution in [-0.2, 0) is 4.79 Å². The Bertz CT molecular complexity index is 1240. The molecule has 0 fully saturated rings. The van der Waals surface area contributed by atoms with E-state index in [1.54, 1.807) is 13.4 Å². The number of methoxy groups -OCH3 is 1. The summed E-state index contributed by atoms with van der Waals surface area (Å²) >= 11 is 0. The highest BCUT2D eigenvalue weighted by atomic mass is 16.5. The average molecular weight is 400 g/mol. The number of nitrogens with zero attached hydrogens (tertiary/aromatic N) is 3. The van der Waals surface area contributed by atoms with Gasteiger partial charge in [-0.3, -0.25) is 9.36 Å². The lowest BCUT2D eigenvalue weighted by Crippen LogP contribution is -2.38. The average Bonchev–Trinajstić information content (AvgIpc) is 3.41. The van der Waals surface area contributed by atoms with Crippen LogP contribution in [-0.4, -0.2) is 28.3 Å². The molecule has 0 radical (unpaired) electrons. The van der Waals surface area contributed by atoms with Crippen molar-refractivity contribution in [2.45, 2.75) is 13.0 Å². The Kier molecular flexibility index (Phi) is 4.35. The zero-order valence-electron chi connectivity index (χ0n) is 16.6. The SMILES string of the molecule is COc1ccc(NC(=O)C2C(C)=Nc3nc4ccccc4n3C2c2ccco2)cc1. The van der Waals surface area contributed by atoms with Crippen LogP contribution < -0.4 is 10.1 Å². The summed E-state index contributed by atoms with van der Waals surface area (Å²) in [6.45, 7) is 1.86. The molecule has 0 saturated heterocycles. The van der Waals surface area contributed by atoms with Gasteiger partial charge in [-0.1, -0.05) is 12.1 Å². The van der Waals surface area contributed by atoms with Crippen molar-refractivity contribution in [1.29, 1.82) is 0 Å². The van der Waals surface area contributed by atoms with E-state index in [0.717, 1.165) is 16.8 Å². The molecule has 150 valence electrons. The molecule has 1 N–H and O–H groups in total. The van der Waals surface area contributed by atoms with Crippen molar-refractivity contribution in [3.8, 4) is 5.75 Å². The smallest absolute Gasteiger partial charge is 0.235 e. The van der Waals surface area contributed by atoms with E-state index in [1.165, 1.54) is 0 Å². The molecular weight excluding hydrogens is 380 g/mol. The second kappa shape index (κ2) is 7.18. The third kappa shape index (κ3) is 2.95. The number of aliphatic imine (C=N–C) groups is 1. The van der Waals surface area contributed by atoms with Crippen LogP contribution in [0.15, 0.2) is 76.3 Å². The van der Waals surface area contributed by atoms with E-state index in [-0.39, 0.29) is 5.91 Å². The second-order valence-corrected chi connectivity index (χ2v) is 7.18. The Morgan fingerprint density at radius 3 is 2.63 bits per heavy atom. The lowest BCUT2D eigenvalue weighted by atomic mass is 9.90. The van der Waals surface area contributed by atoms with Crippen LogP contribution in [0.1, 0.15) is 18.7 Å². The number of benzene rings is 2. The van der Waals surface area contributed by atoms with Gasteiger partial charge in [0, 0.05) is 11.4 Å². The maximum Gasteiger partial charge on any atom is 0.235 e. The largest absolute Gasteiger partial charge is 0.497 e.